The number of fused-ring (bicyclic) bond motifs is 1. The lowest BCUT2D eigenvalue weighted by Gasteiger charge is -2.16. The molecule has 0 aliphatic rings. The number of nitrogens with zero attached hydrogens (tertiary/aromatic N) is 2. The second kappa shape index (κ2) is 8.08. The number of urea groups is 1. The zero-order valence-corrected chi connectivity index (χ0v) is 15.2. The van der Waals surface area contributed by atoms with Crippen molar-refractivity contribution in [3.8, 4) is 11.1 Å². The number of amides is 2. The van der Waals surface area contributed by atoms with Crippen LogP contribution in [0.3, 0.4) is 0 Å². The van der Waals surface area contributed by atoms with E-state index in [0.29, 0.717) is 16.9 Å². The van der Waals surface area contributed by atoms with Gasteiger partial charge in [-0.1, -0.05) is 61.6 Å². The number of carbonyl (C=O) groups is 1. The first kappa shape index (κ1) is 18.0. The van der Waals surface area contributed by atoms with Gasteiger partial charge in [-0.05, 0) is 23.6 Å². The lowest BCUT2D eigenvalue weighted by atomic mass is 9.90. The van der Waals surface area contributed by atoms with Crippen LogP contribution in [0.15, 0.2) is 42.5 Å². The second-order valence-corrected chi connectivity index (χ2v) is 6.47. The number of aromatic amines is 1. The average molecular weight is 346 g/mol. The number of H-pyrrole nitrogens is 1. The third kappa shape index (κ3) is 4.07. The Morgan fingerprint density at radius 2 is 1.96 bits per heavy atom. The van der Waals surface area contributed by atoms with Crippen LogP contribution in [-0.2, 0) is 0 Å². The topological polar surface area (TPSA) is 61.0 Å². The summed E-state index contributed by atoms with van der Waals surface area (Å²) in [6.07, 6.45) is 3.23. The fraction of sp³-hybridized carbons (Fsp3) is 0.300. The Kier molecular flexibility index (Phi) is 5.61. The molecule has 2 amide bonds. The number of nitrogens with one attached hydrogen (secondary N) is 2. The van der Waals surface area contributed by atoms with Crippen LogP contribution in [0.4, 0.5) is 10.7 Å². The fourth-order valence-corrected chi connectivity index (χ4v) is 2.90. The summed E-state index contributed by atoms with van der Waals surface area (Å²) in [4.78, 5) is 21.5. The van der Waals surface area contributed by atoms with Crippen LogP contribution in [0.5, 0.6) is 0 Å². The van der Waals surface area contributed by atoms with E-state index in [2.05, 4.69) is 22.2 Å². The molecule has 2 aromatic carbocycles. The first-order valence-corrected chi connectivity index (χ1v) is 8.95. The zero-order valence-electron chi connectivity index (χ0n) is 15.2. The molecule has 26 heavy (non-hydrogen) atoms. The lowest BCUT2D eigenvalue weighted by molar-refractivity contribution is 0.221. The maximum absolute atomic E-state index is 12.3. The molecule has 0 aliphatic carbocycles. The summed E-state index contributed by atoms with van der Waals surface area (Å²) >= 11 is 0. The van der Waals surface area contributed by atoms with Gasteiger partial charge in [-0.25, -0.2) is 9.78 Å². The number of hydrogen-bond donors (Lipinski definition) is 2. The Morgan fingerprint density at radius 3 is 2.69 bits per heavy atom. The van der Waals surface area contributed by atoms with E-state index in [0.717, 1.165) is 42.5 Å². The molecule has 132 valence electrons. The van der Waals surface area contributed by atoms with Gasteiger partial charge in [0, 0.05) is 13.6 Å². The molecule has 0 aliphatic heterocycles. The van der Waals surface area contributed by atoms with Crippen LogP contribution in [0, 0.1) is 0 Å². The van der Waals surface area contributed by atoms with Crippen molar-refractivity contribution in [2.24, 2.45) is 0 Å². The summed E-state index contributed by atoms with van der Waals surface area (Å²) in [5, 5.41) is 2.81. The van der Waals surface area contributed by atoms with Crippen LogP contribution in [0.2, 0.25) is 0 Å². The van der Waals surface area contributed by atoms with Crippen molar-refractivity contribution in [1.82, 2.24) is 14.9 Å². The van der Waals surface area contributed by atoms with Crippen molar-refractivity contribution < 1.29 is 4.79 Å². The molecule has 0 spiro atoms. The normalized spacial score (nSPS) is 10.8. The van der Waals surface area contributed by atoms with Crippen molar-refractivity contribution >= 4 is 36.3 Å². The van der Waals surface area contributed by atoms with E-state index in [1.165, 1.54) is 0 Å². The van der Waals surface area contributed by atoms with Crippen molar-refractivity contribution in [2.75, 3.05) is 18.9 Å². The van der Waals surface area contributed by atoms with Crippen molar-refractivity contribution in [3.63, 3.8) is 0 Å². The number of carbonyl (C=O) groups excluding carboxylic acids is 1. The zero-order chi connectivity index (χ0) is 18.5. The van der Waals surface area contributed by atoms with Gasteiger partial charge in [0.1, 0.15) is 7.85 Å². The molecule has 2 radical (unpaired) electrons. The third-order valence-electron chi connectivity index (χ3n) is 4.39. The van der Waals surface area contributed by atoms with Gasteiger partial charge in [-0.15, -0.1) is 0 Å². The second-order valence-electron chi connectivity index (χ2n) is 6.47. The lowest BCUT2D eigenvalue weighted by Crippen LogP contribution is -2.32. The van der Waals surface area contributed by atoms with E-state index >= 15 is 0 Å². The predicted octanol–water partition coefficient (Wildman–Crippen LogP) is 3.68. The molecule has 1 aromatic heterocycles. The molecule has 0 fully saturated rings. The molecule has 6 heteroatoms. The van der Waals surface area contributed by atoms with Gasteiger partial charge in [0.15, 0.2) is 0 Å². The van der Waals surface area contributed by atoms with Crippen LogP contribution >= 0.6 is 0 Å². The van der Waals surface area contributed by atoms with Gasteiger partial charge < -0.3 is 9.88 Å². The number of unbranched alkanes of at least 4 members (excludes halogenated alkanes) is 2. The molecule has 0 saturated heterocycles. The minimum Gasteiger partial charge on any atom is -0.328 e. The molecule has 1 heterocycles. The fourth-order valence-electron chi connectivity index (χ4n) is 2.90. The minimum absolute atomic E-state index is 0.179. The molecule has 3 rings (SSSR count). The number of hydrogen-bond acceptors (Lipinski definition) is 2. The molecule has 0 saturated carbocycles. The highest BCUT2D eigenvalue weighted by atomic mass is 16.2. The van der Waals surface area contributed by atoms with E-state index < -0.39 is 0 Å². The quantitative estimate of drug-likeness (QED) is 0.528. The SMILES string of the molecule is [B]c1cc(-c2ccccc2)cc2[nH]c(NC(=O)N(C)CCCCC)nc12. The van der Waals surface area contributed by atoms with Crippen LogP contribution in [-0.4, -0.2) is 42.3 Å². The third-order valence-corrected chi connectivity index (χ3v) is 4.39. The van der Waals surface area contributed by atoms with Gasteiger partial charge in [0.05, 0.1) is 11.0 Å². The smallest absolute Gasteiger partial charge is 0.323 e. The monoisotopic (exact) mass is 346 g/mol. The van der Waals surface area contributed by atoms with E-state index in [1.54, 1.807) is 11.9 Å². The number of benzene rings is 2. The molecule has 5 nitrogen and oxygen atoms in total. The Hall–Kier alpha value is -2.76. The van der Waals surface area contributed by atoms with Gasteiger partial charge in [-0.2, -0.15) is 0 Å². The minimum atomic E-state index is -0.179. The summed E-state index contributed by atoms with van der Waals surface area (Å²) < 4.78 is 0. The highest BCUT2D eigenvalue weighted by Gasteiger charge is 2.13. The summed E-state index contributed by atoms with van der Waals surface area (Å²) in [5.74, 6) is 0.407. The summed E-state index contributed by atoms with van der Waals surface area (Å²) in [6, 6.07) is 13.7. The number of rotatable bonds is 6. The highest BCUT2D eigenvalue weighted by Crippen LogP contribution is 2.22. The van der Waals surface area contributed by atoms with Crippen molar-refractivity contribution in [1.29, 1.82) is 0 Å². The molecule has 0 bridgehead atoms. The molecule has 3 aromatic rings. The Balaban J connectivity index is 1.79. The van der Waals surface area contributed by atoms with Crippen LogP contribution < -0.4 is 10.8 Å². The Bertz CT molecular complexity index is 891. The van der Waals surface area contributed by atoms with E-state index in [-0.39, 0.29) is 6.03 Å². The first-order chi connectivity index (χ1) is 12.6. The first-order valence-electron chi connectivity index (χ1n) is 8.95. The van der Waals surface area contributed by atoms with Gasteiger partial charge in [0.2, 0.25) is 5.95 Å². The van der Waals surface area contributed by atoms with Gasteiger partial charge in [0.25, 0.3) is 0 Å². The molecule has 2 N–H and O–H groups in total. The number of anilines is 1. The number of aromatic nitrogens is 2. The van der Waals surface area contributed by atoms with E-state index in [9.17, 15) is 4.79 Å². The molecule has 0 atom stereocenters. The maximum atomic E-state index is 12.3. The Labute approximate surface area is 155 Å². The summed E-state index contributed by atoms with van der Waals surface area (Å²) in [7, 11) is 7.96. The summed E-state index contributed by atoms with van der Waals surface area (Å²) in [6.45, 7) is 2.86. The summed E-state index contributed by atoms with van der Waals surface area (Å²) in [5.41, 5.74) is 4.13. The number of imidazole rings is 1. The van der Waals surface area contributed by atoms with Crippen molar-refractivity contribution in [3.05, 3.63) is 42.5 Å². The largest absolute Gasteiger partial charge is 0.328 e. The molecular weight excluding hydrogens is 323 g/mol. The Morgan fingerprint density at radius 1 is 1.19 bits per heavy atom. The molecule has 0 unspecified atom stereocenters. The van der Waals surface area contributed by atoms with Gasteiger partial charge in [-0.3, -0.25) is 5.32 Å². The van der Waals surface area contributed by atoms with Crippen molar-refractivity contribution in [2.45, 2.75) is 26.2 Å². The van der Waals surface area contributed by atoms with Gasteiger partial charge >= 0.3 is 6.03 Å². The highest BCUT2D eigenvalue weighted by molar-refractivity contribution is 6.38. The van der Waals surface area contributed by atoms with E-state index in [1.807, 2.05) is 42.5 Å². The standard InChI is InChI=1S/C20H23BN4O/c1-3-4-8-11-25(2)20(26)24-19-22-17-13-15(12-16(21)18(17)23-19)14-9-6-5-7-10-14/h5-7,9-10,12-13H,3-4,8,11H2,1-2H3,(H2,22,23,24,26). The predicted molar refractivity (Wildman–Crippen MR) is 108 cm³/mol. The maximum Gasteiger partial charge on any atom is 0.323 e. The average Bonchev–Trinajstić information content (AvgIpc) is 3.05. The van der Waals surface area contributed by atoms with E-state index in [4.69, 9.17) is 7.85 Å². The van der Waals surface area contributed by atoms with Crippen LogP contribution in [0.25, 0.3) is 22.2 Å². The molecular formula is C20H23BN4O. The van der Waals surface area contributed by atoms with Crippen LogP contribution in [0.1, 0.15) is 26.2 Å².